The van der Waals surface area contributed by atoms with Crippen molar-refractivity contribution in [1.29, 1.82) is 0 Å². The highest BCUT2D eigenvalue weighted by atomic mass is 16.5. The molecule has 134 valence electrons. The van der Waals surface area contributed by atoms with Crippen LogP contribution in [0.5, 0.6) is 0 Å². The lowest BCUT2D eigenvalue weighted by atomic mass is 10.3. The Hall–Kier alpha value is -2.45. The van der Waals surface area contributed by atoms with Gasteiger partial charge in [0.15, 0.2) is 11.8 Å². The fourth-order valence-corrected chi connectivity index (χ4v) is 2.87. The van der Waals surface area contributed by atoms with Gasteiger partial charge in [-0.15, -0.1) is 10.2 Å². The van der Waals surface area contributed by atoms with Gasteiger partial charge in [0.2, 0.25) is 0 Å². The minimum atomic E-state index is 0.0604. The van der Waals surface area contributed by atoms with Crippen LogP contribution in [0, 0.1) is 0 Å². The number of aromatic nitrogens is 3. The number of rotatable bonds is 5. The molecule has 0 aliphatic carbocycles. The van der Waals surface area contributed by atoms with Gasteiger partial charge in [0.1, 0.15) is 6.33 Å². The summed E-state index contributed by atoms with van der Waals surface area (Å²) in [7, 11) is 3.47. The second-order valence-corrected chi connectivity index (χ2v) is 5.75. The molecule has 1 aromatic heterocycles. The van der Waals surface area contributed by atoms with E-state index in [9.17, 15) is 0 Å². The van der Waals surface area contributed by atoms with E-state index >= 15 is 0 Å². The van der Waals surface area contributed by atoms with Crippen molar-refractivity contribution in [3.05, 3.63) is 42.5 Å². The molecule has 1 unspecified atom stereocenters. The molecule has 8 heteroatoms. The van der Waals surface area contributed by atoms with Gasteiger partial charge in [-0.1, -0.05) is 18.2 Å². The van der Waals surface area contributed by atoms with Crippen molar-refractivity contribution in [3.8, 4) is 5.69 Å². The molecule has 0 saturated carbocycles. The Kier molecular flexibility index (Phi) is 5.97. The van der Waals surface area contributed by atoms with Crippen LogP contribution in [0.2, 0.25) is 0 Å². The average Bonchev–Trinajstić information content (AvgIpc) is 3.12. The molecule has 2 heterocycles. The zero-order valence-corrected chi connectivity index (χ0v) is 14.6. The van der Waals surface area contributed by atoms with Crippen molar-refractivity contribution in [3.63, 3.8) is 0 Å². The fourth-order valence-electron chi connectivity index (χ4n) is 2.87. The first-order valence-electron chi connectivity index (χ1n) is 8.32. The number of hydrogen-bond acceptors (Lipinski definition) is 5. The van der Waals surface area contributed by atoms with Crippen LogP contribution in [0.4, 0.5) is 0 Å². The second kappa shape index (κ2) is 8.59. The third kappa shape index (κ3) is 4.34. The summed E-state index contributed by atoms with van der Waals surface area (Å²) in [4.78, 5) is 6.56. The molecule has 2 aromatic rings. The van der Waals surface area contributed by atoms with Gasteiger partial charge in [-0.2, -0.15) is 0 Å². The first-order valence-corrected chi connectivity index (χ1v) is 8.32. The maximum Gasteiger partial charge on any atom is 0.194 e. The maximum atomic E-state index is 5.69. The van der Waals surface area contributed by atoms with Crippen molar-refractivity contribution in [2.45, 2.75) is 12.6 Å². The number of para-hydroxylation sites is 1. The van der Waals surface area contributed by atoms with Crippen LogP contribution in [0.1, 0.15) is 5.82 Å². The molecule has 0 bridgehead atoms. The van der Waals surface area contributed by atoms with Crippen LogP contribution < -0.4 is 5.32 Å². The minimum Gasteiger partial charge on any atom is -0.382 e. The molecule has 8 nitrogen and oxygen atoms in total. The Morgan fingerprint density at radius 2 is 2.24 bits per heavy atom. The topological polar surface area (TPSA) is 76.8 Å². The van der Waals surface area contributed by atoms with Gasteiger partial charge in [0.05, 0.1) is 25.9 Å². The molecular formula is C17H24N6O2. The second-order valence-electron chi connectivity index (χ2n) is 5.75. The van der Waals surface area contributed by atoms with E-state index in [-0.39, 0.29) is 6.10 Å². The number of aliphatic imine (C=N–C) groups is 1. The van der Waals surface area contributed by atoms with E-state index in [0.717, 1.165) is 30.6 Å². The highest BCUT2D eigenvalue weighted by Crippen LogP contribution is 2.10. The fraction of sp³-hybridized carbons (Fsp3) is 0.471. The SMILES string of the molecule is CN=C(NCc1nncn1-c1ccccc1)N1CCOC(COC)C1. The minimum absolute atomic E-state index is 0.0604. The van der Waals surface area contributed by atoms with E-state index in [4.69, 9.17) is 9.47 Å². The Bertz CT molecular complexity index is 685. The van der Waals surface area contributed by atoms with E-state index in [2.05, 4.69) is 25.4 Å². The third-order valence-electron chi connectivity index (χ3n) is 4.06. The third-order valence-corrected chi connectivity index (χ3v) is 4.06. The highest BCUT2D eigenvalue weighted by molar-refractivity contribution is 5.79. The van der Waals surface area contributed by atoms with Crippen LogP contribution in [0.15, 0.2) is 41.7 Å². The molecule has 1 aliphatic heterocycles. The van der Waals surface area contributed by atoms with Crippen LogP contribution >= 0.6 is 0 Å². The number of benzene rings is 1. The van der Waals surface area contributed by atoms with Gasteiger partial charge in [-0.05, 0) is 12.1 Å². The lowest BCUT2D eigenvalue weighted by Crippen LogP contribution is -2.51. The molecule has 1 aromatic carbocycles. The number of hydrogen-bond donors (Lipinski definition) is 1. The molecule has 1 atom stereocenters. The van der Waals surface area contributed by atoms with E-state index < -0.39 is 0 Å². The van der Waals surface area contributed by atoms with E-state index in [1.54, 1.807) is 20.5 Å². The maximum absolute atomic E-state index is 5.69. The van der Waals surface area contributed by atoms with Gasteiger partial charge in [0.25, 0.3) is 0 Å². The van der Waals surface area contributed by atoms with Gasteiger partial charge in [0, 0.05) is 32.9 Å². The van der Waals surface area contributed by atoms with Crippen LogP contribution in [-0.2, 0) is 16.0 Å². The Balaban J connectivity index is 1.64. The summed E-state index contributed by atoms with van der Waals surface area (Å²) in [5, 5.41) is 11.6. The normalized spacial score (nSPS) is 18.4. The largest absolute Gasteiger partial charge is 0.382 e. The van der Waals surface area contributed by atoms with Crippen LogP contribution in [0.25, 0.3) is 5.69 Å². The molecule has 0 radical (unpaired) electrons. The molecule has 1 N–H and O–H groups in total. The first-order chi connectivity index (χ1) is 12.3. The average molecular weight is 344 g/mol. The van der Waals surface area contributed by atoms with Crippen LogP contribution in [-0.4, -0.2) is 72.2 Å². The summed E-state index contributed by atoms with van der Waals surface area (Å²) in [6.45, 7) is 3.32. The predicted octanol–water partition coefficient (Wildman–Crippen LogP) is 0.690. The van der Waals surface area contributed by atoms with Crippen molar-refractivity contribution < 1.29 is 9.47 Å². The molecule has 1 aliphatic rings. The quantitative estimate of drug-likeness (QED) is 0.635. The number of ether oxygens (including phenoxy) is 2. The van der Waals surface area contributed by atoms with Gasteiger partial charge in [-0.25, -0.2) is 0 Å². The van der Waals surface area contributed by atoms with Gasteiger partial charge >= 0.3 is 0 Å². The smallest absolute Gasteiger partial charge is 0.194 e. The number of nitrogens with one attached hydrogen (secondary N) is 1. The zero-order valence-electron chi connectivity index (χ0n) is 14.6. The van der Waals surface area contributed by atoms with E-state index in [1.165, 1.54) is 0 Å². The lowest BCUT2D eigenvalue weighted by molar-refractivity contribution is -0.0447. The summed E-state index contributed by atoms with van der Waals surface area (Å²) in [5.41, 5.74) is 1.03. The monoisotopic (exact) mass is 344 g/mol. The van der Waals surface area contributed by atoms with Gasteiger partial charge in [-0.3, -0.25) is 9.56 Å². The molecule has 0 amide bonds. The summed E-state index contributed by atoms with van der Waals surface area (Å²) in [6.07, 6.45) is 1.78. The highest BCUT2D eigenvalue weighted by Gasteiger charge is 2.23. The number of guanidine groups is 1. The summed E-state index contributed by atoms with van der Waals surface area (Å²) < 4.78 is 12.9. The molecule has 0 spiro atoms. The van der Waals surface area contributed by atoms with E-state index in [0.29, 0.717) is 19.8 Å². The van der Waals surface area contributed by atoms with Crippen molar-refractivity contribution in [1.82, 2.24) is 25.0 Å². The zero-order chi connectivity index (χ0) is 17.5. The number of morpholine rings is 1. The lowest BCUT2D eigenvalue weighted by Gasteiger charge is -2.34. The predicted molar refractivity (Wildman–Crippen MR) is 94.7 cm³/mol. The molecule has 25 heavy (non-hydrogen) atoms. The van der Waals surface area contributed by atoms with E-state index in [1.807, 2.05) is 34.9 Å². The Morgan fingerprint density at radius 1 is 1.40 bits per heavy atom. The molecule has 1 saturated heterocycles. The number of nitrogens with zero attached hydrogens (tertiary/aromatic N) is 5. The molecule has 1 fully saturated rings. The summed E-state index contributed by atoms with van der Waals surface area (Å²) in [5.74, 6) is 1.65. The van der Waals surface area contributed by atoms with Crippen LogP contribution in [0.3, 0.4) is 0 Å². The Labute approximate surface area is 147 Å². The first kappa shape index (κ1) is 17.4. The molecule has 3 rings (SSSR count). The van der Waals surface area contributed by atoms with Crippen molar-refractivity contribution >= 4 is 5.96 Å². The summed E-state index contributed by atoms with van der Waals surface area (Å²) >= 11 is 0. The number of methoxy groups -OCH3 is 1. The van der Waals surface area contributed by atoms with Crippen molar-refractivity contribution in [2.75, 3.05) is 40.5 Å². The summed E-state index contributed by atoms with van der Waals surface area (Å²) in [6, 6.07) is 10.0. The Morgan fingerprint density at radius 3 is 3.00 bits per heavy atom. The van der Waals surface area contributed by atoms with Gasteiger partial charge < -0.3 is 19.7 Å². The molecular weight excluding hydrogens is 320 g/mol. The van der Waals surface area contributed by atoms with Crippen molar-refractivity contribution in [2.24, 2.45) is 4.99 Å². The standard InChI is InChI=1S/C17H24N6O2/c1-18-17(22-8-9-25-15(11-22)12-24-2)19-10-16-21-20-13-23(16)14-6-4-3-5-7-14/h3-7,13,15H,8-12H2,1-2H3,(H,18,19).